The van der Waals surface area contributed by atoms with Crippen molar-refractivity contribution in [2.24, 2.45) is 0 Å². The summed E-state index contributed by atoms with van der Waals surface area (Å²) in [4.78, 5) is 34.2. The molecule has 0 fully saturated rings. The number of nitro groups is 2. The number of carbonyl (C=O) groups is 1. The van der Waals surface area contributed by atoms with E-state index in [0.717, 1.165) is 23.4 Å². The molecule has 3 rings (SSSR count). The maximum absolute atomic E-state index is 12.5. The second kappa shape index (κ2) is 9.45. The molecule has 0 unspecified atom stereocenters. The Balaban J connectivity index is 1.83. The number of hydrogen-bond acceptors (Lipinski definition) is 6. The third-order valence-electron chi connectivity index (χ3n) is 4.14. The van der Waals surface area contributed by atoms with E-state index in [2.05, 4.69) is 10.6 Å². The standard InChI is InChI=1S/C20H15ClN4O5S/c1-12-10-13(21)6-8-15(12)22-20(26)23-16-4-2-3-5-18(16)31-19-9-7-14(24(27)28)11-17(19)25(29)30/h2-11H,1H3,(H2,22,23,26). The maximum atomic E-state index is 12.5. The Bertz CT molecular complexity index is 1190. The van der Waals surface area contributed by atoms with E-state index in [4.69, 9.17) is 11.6 Å². The van der Waals surface area contributed by atoms with Crippen molar-refractivity contribution in [3.63, 3.8) is 0 Å². The number of nitrogens with zero attached hydrogens (tertiary/aromatic N) is 2. The number of rotatable bonds is 6. The van der Waals surface area contributed by atoms with Gasteiger partial charge in [0.15, 0.2) is 0 Å². The largest absolute Gasteiger partial charge is 0.323 e. The van der Waals surface area contributed by atoms with Crippen molar-refractivity contribution >= 4 is 52.1 Å². The van der Waals surface area contributed by atoms with Crippen LogP contribution in [0.4, 0.5) is 27.5 Å². The first-order valence-corrected chi connectivity index (χ1v) is 9.98. The minimum atomic E-state index is -0.694. The lowest BCUT2D eigenvalue weighted by Gasteiger charge is -2.13. The predicted octanol–water partition coefficient (Wildman–Crippen LogP) is 6.26. The number of amides is 2. The molecular weight excluding hydrogens is 444 g/mol. The van der Waals surface area contributed by atoms with Crippen molar-refractivity contribution in [1.29, 1.82) is 0 Å². The van der Waals surface area contributed by atoms with Crippen LogP contribution < -0.4 is 10.6 Å². The number of para-hydroxylation sites is 1. The van der Waals surface area contributed by atoms with E-state index in [1.54, 1.807) is 49.4 Å². The fourth-order valence-electron chi connectivity index (χ4n) is 2.67. The van der Waals surface area contributed by atoms with Crippen molar-refractivity contribution in [2.45, 2.75) is 16.7 Å². The monoisotopic (exact) mass is 458 g/mol. The number of hydrogen-bond donors (Lipinski definition) is 2. The van der Waals surface area contributed by atoms with E-state index in [9.17, 15) is 25.0 Å². The number of benzene rings is 3. The number of anilines is 2. The molecule has 0 aliphatic rings. The van der Waals surface area contributed by atoms with Gasteiger partial charge in [-0.3, -0.25) is 20.2 Å². The Morgan fingerprint density at radius 3 is 2.29 bits per heavy atom. The van der Waals surface area contributed by atoms with Crippen LogP contribution in [0.2, 0.25) is 5.02 Å². The van der Waals surface area contributed by atoms with Gasteiger partial charge in [0.1, 0.15) is 0 Å². The summed E-state index contributed by atoms with van der Waals surface area (Å²) in [5, 5.41) is 28.3. The van der Waals surface area contributed by atoms with Gasteiger partial charge < -0.3 is 10.6 Å². The van der Waals surface area contributed by atoms with E-state index in [1.165, 1.54) is 12.1 Å². The molecule has 3 aromatic carbocycles. The van der Waals surface area contributed by atoms with Crippen LogP contribution in [0.1, 0.15) is 5.56 Å². The van der Waals surface area contributed by atoms with Crippen LogP contribution in [0.15, 0.2) is 70.5 Å². The minimum Gasteiger partial charge on any atom is -0.307 e. The maximum Gasteiger partial charge on any atom is 0.323 e. The molecule has 11 heteroatoms. The smallest absolute Gasteiger partial charge is 0.307 e. The van der Waals surface area contributed by atoms with E-state index < -0.39 is 21.6 Å². The fraction of sp³-hybridized carbons (Fsp3) is 0.0500. The molecule has 3 aromatic rings. The second-order valence-corrected chi connectivity index (χ2v) is 7.82. The lowest BCUT2D eigenvalue weighted by molar-refractivity contribution is -0.396. The summed E-state index contributed by atoms with van der Waals surface area (Å²) in [7, 11) is 0. The van der Waals surface area contributed by atoms with Crippen molar-refractivity contribution in [3.05, 3.63) is 91.5 Å². The quantitative estimate of drug-likeness (QED) is 0.331. The molecule has 2 amide bonds. The number of urea groups is 1. The normalized spacial score (nSPS) is 10.4. The van der Waals surface area contributed by atoms with E-state index in [-0.39, 0.29) is 10.6 Å². The van der Waals surface area contributed by atoms with Crippen LogP contribution in [0, 0.1) is 27.2 Å². The molecule has 2 N–H and O–H groups in total. The molecule has 0 saturated heterocycles. The van der Waals surface area contributed by atoms with Gasteiger partial charge >= 0.3 is 6.03 Å². The van der Waals surface area contributed by atoms with Crippen LogP contribution >= 0.6 is 23.4 Å². The average molecular weight is 459 g/mol. The Morgan fingerprint density at radius 1 is 0.903 bits per heavy atom. The van der Waals surface area contributed by atoms with Crippen molar-refractivity contribution < 1.29 is 14.6 Å². The number of nitro benzene ring substituents is 2. The predicted molar refractivity (Wildman–Crippen MR) is 119 cm³/mol. The third kappa shape index (κ3) is 5.50. The zero-order valence-electron chi connectivity index (χ0n) is 16.0. The van der Waals surface area contributed by atoms with Crippen LogP contribution in [0.5, 0.6) is 0 Å². The van der Waals surface area contributed by atoms with E-state index >= 15 is 0 Å². The summed E-state index contributed by atoms with van der Waals surface area (Å²) in [5.74, 6) is 0. The molecule has 0 radical (unpaired) electrons. The molecule has 158 valence electrons. The average Bonchev–Trinajstić information content (AvgIpc) is 2.71. The second-order valence-electron chi connectivity index (χ2n) is 6.30. The van der Waals surface area contributed by atoms with Crippen molar-refractivity contribution in [2.75, 3.05) is 10.6 Å². The van der Waals surface area contributed by atoms with Crippen LogP contribution in [-0.2, 0) is 0 Å². The molecule has 0 aliphatic heterocycles. The zero-order chi connectivity index (χ0) is 22.5. The highest BCUT2D eigenvalue weighted by Crippen LogP contribution is 2.39. The van der Waals surface area contributed by atoms with Gasteiger partial charge in [-0.05, 0) is 48.9 Å². The summed E-state index contributed by atoms with van der Waals surface area (Å²) in [6, 6.07) is 14.7. The number of nitrogens with one attached hydrogen (secondary N) is 2. The first kappa shape index (κ1) is 22.1. The third-order valence-corrected chi connectivity index (χ3v) is 5.52. The Labute approximate surface area is 185 Å². The topological polar surface area (TPSA) is 127 Å². The minimum absolute atomic E-state index is 0.207. The van der Waals surface area contributed by atoms with Gasteiger partial charge in [0.2, 0.25) is 0 Å². The molecule has 0 spiro atoms. The van der Waals surface area contributed by atoms with Crippen LogP contribution in [0.25, 0.3) is 0 Å². The molecule has 0 heterocycles. The highest BCUT2D eigenvalue weighted by molar-refractivity contribution is 7.99. The molecule has 31 heavy (non-hydrogen) atoms. The number of halogens is 1. The van der Waals surface area contributed by atoms with Gasteiger partial charge in [0.25, 0.3) is 11.4 Å². The fourth-order valence-corrected chi connectivity index (χ4v) is 3.88. The number of non-ortho nitro benzene ring substituents is 1. The van der Waals surface area contributed by atoms with Crippen LogP contribution in [0.3, 0.4) is 0 Å². The van der Waals surface area contributed by atoms with Gasteiger partial charge in [-0.25, -0.2) is 4.79 Å². The lowest BCUT2D eigenvalue weighted by atomic mass is 10.2. The number of aryl methyl sites for hydroxylation is 1. The first-order valence-electron chi connectivity index (χ1n) is 8.78. The Kier molecular flexibility index (Phi) is 6.73. The highest BCUT2D eigenvalue weighted by Gasteiger charge is 2.21. The summed E-state index contributed by atoms with van der Waals surface area (Å²) >= 11 is 6.95. The molecule has 0 bridgehead atoms. The highest BCUT2D eigenvalue weighted by atomic mass is 35.5. The zero-order valence-corrected chi connectivity index (χ0v) is 17.6. The van der Waals surface area contributed by atoms with E-state index in [0.29, 0.717) is 21.3 Å². The molecular formula is C20H15ClN4O5S. The van der Waals surface area contributed by atoms with Crippen LogP contribution in [-0.4, -0.2) is 15.9 Å². The molecule has 0 aliphatic carbocycles. The summed E-state index contributed by atoms with van der Waals surface area (Å²) in [6.07, 6.45) is 0. The van der Waals surface area contributed by atoms with Gasteiger partial charge in [-0.1, -0.05) is 35.5 Å². The lowest BCUT2D eigenvalue weighted by Crippen LogP contribution is -2.20. The molecule has 0 atom stereocenters. The molecule has 0 aromatic heterocycles. The van der Waals surface area contributed by atoms with Crippen molar-refractivity contribution in [1.82, 2.24) is 0 Å². The summed E-state index contributed by atoms with van der Waals surface area (Å²) in [5.41, 5.74) is 1.02. The Morgan fingerprint density at radius 2 is 1.61 bits per heavy atom. The first-order chi connectivity index (χ1) is 14.7. The molecule has 9 nitrogen and oxygen atoms in total. The van der Waals surface area contributed by atoms with Crippen molar-refractivity contribution in [3.8, 4) is 0 Å². The van der Waals surface area contributed by atoms with Gasteiger partial charge in [0.05, 0.1) is 26.5 Å². The van der Waals surface area contributed by atoms with E-state index in [1.807, 2.05) is 0 Å². The van der Waals surface area contributed by atoms with Gasteiger partial charge in [-0.15, -0.1) is 0 Å². The SMILES string of the molecule is Cc1cc(Cl)ccc1NC(=O)Nc1ccccc1Sc1ccc([N+](=O)[O-])cc1[N+](=O)[O-]. The Hall–Kier alpha value is -3.63. The number of carbonyl (C=O) groups excluding carboxylic acids is 1. The summed E-state index contributed by atoms with van der Waals surface area (Å²) < 4.78 is 0. The van der Waals surface area contributed by atoms with Gasteiger partial charge in [-0.2, -0.15) is 0 Å². The summed E-state index contributed by atoms with van der Waals surface area (Å²) in [6.45, 7) is 1.80. The molecule has 0 saturated carbocycles. The van der Waals surface area contributed by atoms with Gasteiger partial charge in [0, 0.05) is 21.7 Å².